The van der Waals surface area contributed by atoms with Crippen LogP contribution in [-0.2, 0) is 4.79 Å². The van der Waals surface area contributed by atoms with Crippen LogP contribution in [0.1, 0.15) is 41.6 Å². The zero-order valence-corrected chi connectivity index (χ0v) is 11.6. The van der Waals surface area contributed by atoms with Crippen molar-refractivity contribution in [3.05, 3.63) is 39.4 Å². The Balaban J connectivity index is 2.26. The number of carbonyl (C=O) groups excluding carboxylic acids is 1. The lowest BCUT2D eigenvalue weighted by Gasteiger charge is -2.25. The van der Waals surface area contributed by atoms with Gasteiger partial charge in [-0.1, -0.05) is 18.9 Å². The molecule has 2 N–H and O–H groups in total. The zero-order valence-electron chi connectivity index (χ0n) is 11.6. The highest BCUT2D eigenvalue weighted by Crippen LogP contribution is 2.30. The van der Waals surface area contributed by atoms with Gasteiger partial charge in [-0.25, -0.2) is 4.79 Å². The number of carboxylic acid groups (broad SMARTS) is 1. The van der Waals surface area contributed by atoms with Crippen molar-refractivity contribution in [3.8, 4) is 0 Å². The molecule has 0 radical (unpaired) electrons. The molecule has 1 aromatic rings. The van der Waals surface area contributed by atoms with Crippen LogP contribution in [0.15, 0.2) is 18.2 Å². The standard InChI is InChI=1S/C14H16N2O5/c1-9-4-5-10(8-11(9)16(20)21)12(17)15-14(13(18)19)6-2-3-7-14/h4-5,8H,2-3,6-7H2,1H3,(H,15,17)(H,18,19). The molecule has 1 aliphatic rings. The molecule has 0 bridgehead atoms. The van der Waals surface area contributed by atoms with Gasteiger partial charge in [0.15, 0.2) is 0 Å². The molecule has 21 heavy (non-hydrogen) atoms. The minimum absolute atomic E-state index is 0.0971. The van der Waals surface area contributed by atoms with Gasteiger partial charge in [-0.05, 0) is 25.8 Å². The Morgan fingerprint density at radius 1 is 1.33 bits per heavy atom. The maximum Gasteiger partial charge on any atom is 0.329 e. The molecule has 7 heteroatoms. The largest absolute Gasteiger partial charge is 0.480 e. The topological polar surface area (TPSA) is 110 Å². The second-order valence-corrected chi connectivity index (χ2v) is 5.31. The third-order valence-electron chi connectivity index (χ3n) is 3.89. The number of hydrogen-bond acceptors (Lipinski definition) is 4. The number of aliphatic carboxylic acids is 1. The molecule has 0 unspecified atom stereocenters. The van der Waals surface area contributed by atoms with Gasteiger partial charge in [0.25, 0.3) is 11.6 Å². The van der Waals surface area contributed by atoms with E-state index in [2.05, 4.69) is 5.32 Å². The molecule has 1 fully saturated rings. The molecule has 0 spiro atoms. The number of amides is 1. The molecule has 7 nitrogen and oxygen atoms in total. The average molecular weight is 292 g/mol. The third-order valence-corrected chi connectivity index (χ3v) is 3.89. The second-order valence-electron chi connectivity index (χ2n) is 5.31. The summed E-state index contributed by atoms with van der Waals surface area (Å²) in [6, 6.07) is 4.12. The Hall–Kier alpha value is -2.44. The van der Waals surface area contributed by atoms with Crippen molar-refractivity contribution in [2.24, 2.45) is 0 Å². The first-order valence-corrected chi connectivity index (χ1v) is 6.67. The van der Waals surface area contributed by atoms with Crippen LogP contribution in [-0.4, -0.2) is 27.4 Å². The van der Waals surface area contributed by atoms with Gasteiger partial charge < -0.3 is 10.4 Å². The smallest absolute Gasteiger partial charge is 0.329 e. The molecule has 2 rings (SSSR count). The predicted octanol–water partition coefficient (Wildman–Crippen LogP) is 2.03. The number of carboxylic acids is 1. The van der Waals surface area contributed by atoms with E-state index in [9.17, 15) is 24.8 Å². The number of nitro benzene ring substituents is 1. The molecule has 0 heterocycles. The van der Waals surface area contributed by atoms with Crippen LogP contribution >= 0.6 is 0 Å². The first kappa shape index (κ1) is 15.0. The summed E-state index contributed by atoms with van der Waals surface area (Å²) in [6.07, 6.45) is 2.23. The fraction of sp³-hybridized carbons (Fsp3) is 0.429. The van der Waals surface area contributed by atoms with Crippen molar-refractivity contribution in [3.63, 3.8) is 0 Å². The van der Waals surface area contributed by atoms with Crippen LogP contribution in [0.4, 0.5) is 5.69 Å². The van der Waals surface area contributed by atoms with Crippen LogP contribution in [0.25, 0.3) is 0 Å². The monoisotopic (exact) mass is 292 g/mol. The molecule has 0 aromatic heterocycles. The number of nitrogens with zero attached hydrogens (tertiary/aromatic N) is 1. The van der Waals surface area contributed by atoms with E-state index < -0.39 is 22.3 Å². The second kappa shape index (κ2) is 5.51. The quantitative estimate of drug-likeness (QED) is 0.651. The maximum atomic E-state index is 12.2. The Morgan fingerprint density at radius 2 is 1.95 bits per heavy atom. The van der Waals surface area contributed by atoms with E-state index in [1.54, 1.807) is 6.92 Å². The zero-order chi connectivity index (χ0) is 15.6. The fourth-order valence-corrected chi connectivity index (χ4v) is 2.61. The van der Waals surface area contributed by atoms with Crippen molar-refractivity contribution < 1.29 is 19.6 Å². The summed E-state index contributed by atoms with van der Waals surface area (Å²) >= 11 is 0. The van der Waals surface area contributed by atoms with Gasteiger partial charge in [0.05, 0.1) is 4.92 Å². The van der Waals surface area contributed by atoms with Crippen LogP contribution in [0.2, 0.25) is 0 Å². The number of aryl methyl sites for hydroxylation is 1. The minimum atomic E-state index is -1.25. The third kappa shape index (κ3) is 2.86. The van der Waals surface area contributed by atoms with Crippen LogP contribution in [0, 0.1) is 17.0 Å². The Bertz CT molecular complexity index is 605. The van der Waals surface area contributed by atoms with Crippen LogP contribution in [0.5, 0.6) is 0 Å². The van der Waals surface area contributed by atoms with E-state index in [-0.39, 0.29) is 11.3 Å². The predicted molar refractivity (Wildman–Crippen MR) is 74.1 cm³/mol. The lowest BCUT2D eigenvalue weighted by molar-refractivity contribution is -0.385. The van der Waals surface area contributed by atoms with Gasteiger partial charge in [-0.2, -0.15) is 0 Å². The molecule has 0 aliphatic heterocycles. The number of rotatable bonds is 4. The summed E-state index contributed by atoms with van der Waals surface area (Å²) in [6.45, 7) is 1.58. The summed E-state index contributed by atoms with van der Waals surface area (Å²) < 4.78 is 0. The number of benzene rings is 1. The van der Waals surface area contributed by atoms with E-state index in [0.29, 0.717) is 18.4 Å². The van der Waals surface area contributed by atoms with Crippen molar-refractivity contribution in [2.45, 2.75) is 38.1 Å². The highest BCUT2D eigenvalue weighted by molar-refractivity contribution is 5.98. The normalized spacial score (nSPS) is 16.4. The highest BCUT2D eigenvalue weighted by Gasteiger charge is 2.42. The fourth-order valence-electron chi connectivity index (χ4n) is 2.61. The molecule has 1 aliphatic carbocycles. The van der Waals surface area contributed by atoms with Crippen molar-refractivity contribution in [1.29, 1.82) is 0 Å². The average Bonchev–Trinajstić information content (AvgIpc) is 2.88. The van der Waals surface area contributed by atoms with Crippen molar-refractivity contribution in [2.75, 3.05) is 0 Å². The van der Waals surface area contributed by atoms with Gasteiger partial charge in [0, 0.05) is 17.2 Å². The van der Waals surface area contributed by atoms with E-state index >= 15 is 0 Å². The van der Waals surface area contributed by atoms with E-state index in [1.165, 1.54) is 18.2 Å². The number of nitrogens with one attached hydrogen (secondary N) is 1. The van der Waals surface area contributed by atoms with E-state index in [0.717, 1.165) is 12.8 Å². The van der Waals surface area contributed by atoms with Crippen LogP contribution in [0.3, 0.4) is 0 Å². The summed E-state index contributed by atoms with van der Waals surface area (Å²) in [5.74, 6) is -1.66. The maximum absolute atomic E-state index is 12.2. The van der Waals surface area contributed by atoms with Gasteiger partial charge in [0.2, 0.25) is 0 Å². The highest BCUT2D eigenvalue weighted by atomic mass is 16.6. The molecule has 0 atom stereocenters. The Kier molecular flexibility index (Phi) is 3.93. The van der Waals surface area contributed by atoms with Crippen LogP contribution < -0.4 is 5.32 Å². The molecular weight excluding hydrogens is 276 g/mol. The van der Waals surface area contributed by atoms with Gasteiger partial charge >= 0.3 is 5.97 Å². The van der Waals surface area contributed by atoms with Gasteiger partial charge in [0.1, 0.15) is 5.54 Å². The SMILES string of the molecule is Cc1ccc(C(=O)NC2(C(=O)O)CCCC2)cc1[N+](=O)[O-]. The van der Waals surface area contributed by atoms with Gasteiger partial charge in [-0.3, -0.25) is 14.9 Å². The molecule has 0 saturated heterocycles. The lowest BCUT2D eigenvalue weighted by Crippen LogP contribution is -2.52. The first-order chi connectivity index (χ1) is 9.85. The Labute approximate surface area is 121 Å². The molecule has 1 aromatic carbocycles. The molecule has 1 saturated carbocycles. The summed E-state index contributed by atoms with van der Waals surface area (Å²) in [5, 5.41) is 22.7. The first-order valence-electron chi connectivity index (χ1n) is 6.67. The summed E-state index contributed by atoms with van der Waals surface area (Å²) in [7, 11) is 0. The molecule has 1 amide bonds. The lowest BCUT2D eigenvalue weighted by atomic mass is 9.97. The van der Waals surface area contributed by atoms with E-state index in [1.807, 2.05) is 0 Å². The minimum Gasteiger partial charge on any atom is -0.480 e. The molecular formula is C14H16N2O5. The van der Waals surface area contributed by atoms with Crippen molar-refractivity contribution in [1.82, 2.24) is 5.32 Å². The van der Waals surface area contributed by atoms with E-state index in [4.69, 9.17) is 0 Å². The number of nitro groups is 1. The summed E-state index contributed by atoms with van der Waals surface area (Å²) in [5.41, 5.74) is -0.861. The molecule has 112 valence electrons. The number of hydrogen-bond donors (Lipinski definition) is 2. The van der Waals surface area contributed by atoms with Gasteiger partial charge in [-0.15, -0.1) is 0 Å². The Morgan fingerprint density at radius 3 is 2.48 bits per heavy atom. The summed E-state index contributed by atoms with van der Waals surface area (Å²) in [4.78, 5) is 33.9. The number of carbonyl (C=O) groups is 2. The van der Waals surface area contributed by atoms with Crippen molar-refractivity contribution >= 4 is 17.6 Å².